The highest BCUT2D eigenvalue weighted by Crippen LogP contribution is 2.33. The van der Waals surface area contributed by atoms with Crippen LogP contribution in [0.5, 0.6) is 0 Å². The second-order valence-corrected chi connectivity index (χ2v) is 7.25. The van der Waals surface area contributed by atoms with E-state index in [1.807, 2.05) is 32.6 Å². The fraction of sp³-hybridized carbons (Fsp3) is 0.875. The number of carbonyl (C=O) groups is 2. The van der Waals surface area contributed by atoms with E-state index in [0.29, 0.717) is 6.42 Å². The van der Waals surface area contributed by atoms with Gasteiger partial charge in [-0.3, -0.25) is 9.59 Å². The van der Waals surface area contributed by atoms with Gasteiger partial charge in [-0.25, -0.2) is 0 Å². The third kappa shape index (κ3) is 2.93. The first-order chi connectivity index (χ1) is 9.81. The third-order valence-corrected chi connectivity index (χ3v) is 4.76. The molecule has 0 spiro atoms. The van der Waals surface area contributed by atoms with E-state index in [9.17, 15) is 9.59 Å². The van der Waals surface area contributed by atoms with Crippen LogP contribution in [0.25, 0.3) is 0 Å². The minimum atomic E-state index is -0.453. The molecular weight excluding hydrogens is 268 g/mol. The zero-order valence-corrected chi connectivity index (χ0v) is 13.8. The van der Waals surface area contributed by atoms with Gasteiger partial charge in [0.05, 0.1) is 12.1 Å². The first-order valence-electron chi connectivity index (χ1n) is 7.96. The molecule has 0 aromatic heterocycles. The molecule has 1 aliphatic carbocycles. The number of nitrogens with one attached hydrogen (secondary N) is 1. The summed E-state index contributed by atoms with van der Waals surface area (Å²) in [5.41, 5.74) is -0.287. The summed E-state index contributed by atoms with van der Waals surface area (Å²) in [5, 5.41) is 2.92. The lowest BCUT2D eigenvalue weighted by molar-refractivity contribution is -0.158. The second kappa shape index (κ2) is 5.95. The zero-order chi connectivity index (χ0) is 15.8. The van der Waals surface area contributed by atoms with Crippen molar-refractivity contribution >= 4 is 11.8 Å². The fourth-order valence-corrected chi connectivity index (χ4v) is 3.59. The molecule has 0 bridgehead atoms. The highest BCUT2D eigenvalue weighted by atomic mass is 16.5. The summed E-state index contributed by atoms with van der Waals surface area (Å²) >= 11 is 0. The normalized spacial score (nSPS) is 34.2. The van der Waals surface area contributed by atoms with Gasteiger partial charge in [0.15, 0.2) is 0 Å². The molecule has 0 aromatic carbocycles. The predicted molar refractivity (Wildman–Crippen MR) is 80.7 cm³/mol. The molecule has 4 atom stereocenters. The lowest BCUT2D eigenvalue weighted by Crippen LogP contribution is -2.69. The molecule has 1 heterocycles. The number of amides is 2. The fourth-order valence-electron chi connectivity index (χ4n) is 3.59. The number of rotatable bonds is 3. The predicted octanol–water partition coefficient (Wildman–Crippen LogP) is 1.71. The lowest BCUT2D eigenvalue weighted by atomic mass is 9.83. The summed E-state index contributed by atoms with van der Waals surface area (Å²) in [6, 6.07) is -0.786. The van der Waals surface area contributed by atoms with Gasteiger partial charge in [-0.2, -0.15) is 0 Å². The van der Waals surface area contributed by atoms with Crippen molar-refractivity contribution in [2.75, 3.05) is 7.11 Å². The molecule has 1 saturated heterocycles. The molecule has 2 amide bonds. The quantitative estimate of drug-likeness (QED) is 0.862. The maximum atomic E-state index is 13.0. The van der Waals surface area contributed by atoms with E-state index in [4.69, 9.17) is 4.74 Å². The lowest BCUT2D eigenvalue weighted by Gasteiger charge is -2.46. The Morgan fingerprint density at radius 1 is 1.29 bits per heavy atom. The van der Waals surface area contributed by atoms with Crippen LogP contribution in [-0.4, -0.2) is 48.1 Å². The average Bonchev–Trinajstić information content (AvgIpc) is 2.87. The van der Waals surface area contributed by atoms with E-state index in [1.165, 1.54) is 0 Å². The monoisotopic (exact) mass is 296 g/mol. The summed E-state index contributed by atoms with van der Waals surface area (Å²) in [4.78, 5) is 27.3. The molecule has 4 unspecified atom stereocenters. The van der Waals surface area contributed by atoms with Crippen molar-refractivity contribution in [3.05, 3.63) is 0 Å². The molecule has 120 valence electrons. The number of hydrogen-bond acceptors (Lipinski definition) is 3. The Labute approximate surface area is 127 Å². The van der Waals surface area contributed by atoms with Crippen molar-refractivity contribution in [2.24, 2.45) is 5.41 Å². The first-order valence-corrected chi connectivity index (χ1v) is 7.96. The van der Waals surface area contributed by atoms with Gasteiger partial charge in [0.1, 0.15) is 12.1 Å². The number of hydrogen-bond donors (Lipinski definition) is 1. The number of carbonyl (C=O) groups excluding carboxylic acids is 2. The molecule has 2 rings (SSSR count). The highest BCUT2D eigenvalue weighted by Gasteiger charge is 2.49. The van der Waals surface area contributed by atoms with Crippen molar-refractivity contribution in [3.63, 3.8) is 0 Å². The van der Waals surface area contributed by atoms with Crippen molar-refractivity contribution in [1.29, 1.82) is 0 Å². The Bertz CT molecular complexity index is 416. The van der Waals surface area contributed by atoms with Gasteiger partial charge in [0, 0.05) is 7.11 Å². The molecule has 1 aliphatic heterocycles. The van der Waals surface area contributed by atoms with Gasteiger partial charge in [-0.05, 0) is 31.1 Å². The maximum Gasteiger partial charge on any atom is 0.246 e. The van der Waals surface area contributed by atoms with Gasteiger partial charge in [0.2, 0.25) is 11.8 Å². The van der Waals surface area contributed by atoms with Crippen molar-refractivity contribution < 1.29 is 14.3 Å². The smallest absolute Gasteiger partial charge is 0.246 e. The molecule has 5 heteroatoms. The SMILES string of the molecule is CCC1C(=O)NC(C(C)(C)C)C(=O)N1C1CCCC1OC. The van der Waals surface area contributed by atoms with Crippen LogP contribution in [0.4, 0.5) is 0 Å². The van der Waals surface area contributed by atoms with Crippen LogP contribution in [-0.2, 0) is 14.3 Å². The molecule has 2 fully saturated rings. The number of nitrogens with zero attached hydrogens (tertiary/aromatic N) is 1. The number of ether oxygens (including phenoxy) is 1. The maximum absolute atomic E-state index is 13.0. The van der Waals surface area contributed by atoms with Gasteiger partial charge in [-0.15, -0.1) is 0 Å². The van der Waals surface area contributed by atoms with E-state index in [2.05, 4.69) is 5.32 Å². The number of piperazine rings is 1. The molecule has 0 radical (unpaired) electrons. The summed E-state index contributed by atoms with van der Waals surface area (Å²) in [7, 11) is 1.69. The largest absolute Gasteiger partial charge is 0.379 e. The van der Waals surface area contributed by atoms with Crippen LogP contribution >= 0.6 is 0 Å². The van der Waals surface area contributed by atoms with Crippen molar-refractivity contribution in [3.8, 4) is 0 Å². The first kappa shape index (κ1) is 16.3. The minimum Gasteiger partial charge on any atom is -0.379 e. The van der Waals surface area contributed by atoms with Crippen molar-refractivity contribution in [2.45, 2.75) is 77.6 Å². The van der Waals surface area contributed by atoms with E-state index in [1.54, 1.807) is 7.11 Å². The zero-order valence-electron chi connectivity index (χ0n) is 13.8. The van der Waals surface area contributed by atoms with E-state index >= 15 is 0 Å². The molecule has 0 aromatic rings. The van der Waals surface area contributed by atoms with Gasteiger partial charge in [-0.1, -0.05) is 27.7 Å². The standard InChI is InChI=1S/C16H28N2O3/c1-6-10-14(19)17-13(16(2,3)4)15(20)18(10)11-8-7-9-12(11)21-5/h10-13H,6-9H2,1-5H3,(H,17,19). The molecule has 2 aliphatic rings. The Morgan fingerprint density at radius 3 is 2.48 bits per heavy atom. The Kier molecular flexibility index (Phi) is 4.61. The summed E-state index contributed by atoms with van der Waals surface area (Å²) in [6.07, 6.45) is 3.62. The Balaban J connectivity index is 2.33. The van der Waals surface area contributed by atoms with Gasteiger partial charge < -0.3 is 15.0 Å². The van der Waals surface area contributed by atoms with Crippen LogP contribution < -0.4 is 5.32 Å². The summed E-state index contributed by atoms with van der Waals surface area (Å²) < 4.78 is 5.55. The summed E-state index contributed by atoms with van der Waals surface area (Å²) in [6.45, 7) is 7.92. The molecule has 1 N–H and O–H groups in total. The van der Waals surface area contributed by atoms with Crippen LogP contribution in [0.2, 0.25) is 0 Å². The third-order valence-electron chi connectivity index (χ3n) is 4.76. The van der Waals surface area contributed by atoms with Gasteiger partial charge >= 0.3 is 0 Å². The van der Waals surface area contributed by atoms with Crippen molar-refractivity contribution in [1.82, 2.24) is 10.2 Å². The average molecular weight is 296 g/mol. The Morgan fingerprint density at radius 2 is 1.95 bits per heavy atom. The van der Waals surface area contributed by atoms with Gasteiger partial charge in [0.25, 0.3) is 0 Å². The molecule has 1 saturated carbocycles. The Hall–Kier alpha value is -1.10. The van der Waals surface area contributed by atoms with Crippen LogP contribution in [0.3, 0.4) is 0 Å². The molecule has 21 heavy (non-hydrogen) atoms. The highest BCUT2D eigenvalue weighted by molar-refractivity contribution is 5.97. The molecular formula is C16H28N2O3. The minimum absolute atomic E-state index is 0.0289. The van der Waals surface area contributed by atoms with E-state index < -0.39 is 6.04 Å². The molecule has 5 nitrogen and oxygen atoms in total. The topological polar surface area (TPSA) is 58.6 Å². The van der Waals surface area contributed by atoms with Crippen LogP contribution in [0.15, 0.2) is 0 Å². The van der Waals surface area contributed by atoms with E-state index in [0.717, 1.165) is 19.3 Å². The van der Waals surface area contributed by atoms with Crippen LogP contribution in [0.1, 0.15) is 53.4 Å². The number of methoxy groups -OCH3 is 1. The van der Waals surface area contributed by atoms with E-state index in [-0.39, 0.29) is 35.4 Å². The summed E-state index contributed by atoms with van der Waals surface area (Å²) in [5.74, 6) is 0.0154. The second-order valence-electron chi connectivity index (χ2n) is 7.25. The van der Waals surface area contributed by atoms with Crippen LogP contribution in [0, 0.1) is 5.41 Å².